The van der Waals surface area contributed by atoms with Crippen LogP contribution < -0.4 is 28.8 Å². The molecule has 0 fully saturated rings. The zero-order valence-corrected chi connectivity index (χ0v) is 18.8. The molecular formula is C21H23N3O7S. The first-order valence-corrected chi connectivity index (χ1v) is 11.0. The third kappa shape index (κ3) is 4.53. The number of nitrogens with two attached hydrogens (primary N) is 1. The van der Waals surface area contributed by atoms with Crippen molar-refractivity contribution in [2.45, 2.75) is 6.92 Å². The average molecular weight is 461 g/mol. The standard InChI is InChI=1S/C21H23N3O7S/c1-5-31-16-7-6-13-14(19(16)24-32(22,26)27)10-23-11-15(13)20(25)12-8-17(28-2)21(30-4)18(9-12)29-3/h6-11,24H,5H2,1-4H3,(H2,22,26,27). The van der Waals surface area contributed by atoms with Crippen LogP contribution in [-0.4, -0.2) is 47.1 Å². The smallest absolute Gasteiger partial charge is 0.296 e. The molecular weight excluding hydrogens is 438 g/mol. The molecule has 170 valence electrons. The normalized spacial score (nSPS) is 11.2. The van der Waals surface area contributed by atoms with Crippen LogP contribution in [0.15, 0.2) is 36.7 Å². The second-order valence-corrected chi connectivity index (χ2v) is 7.84. The number of hydrogen-bond donors (Lipinski definition) is 2. The third-order valence-electron chi connectivity index (χ3n) is 4.62. The van der Waals surface area contributed by atoms with Crippen LogP contribution in [0.25, 0.3) is 10.8 Å². The van der Waals surface area contributed by atoms with E-state index in [2.05, 4.69) is 9.71 Å². The maximum Gasteiger partial charge on any atom is 0.296 e. The van der Waals surface area contributed by atoms with Crippen molar-refractivity contribution < 1.29 is 32.2 Å². The lowest BCUT2D eigenvalue weighted by Gasteiger charge is -2.16. The van der Waals surface area contributed by atoms with Crippen molar-refractivity contribution in [2.24, 2.45) is 5.14 Å². The molecule has 0 aliphatic rings. The van der Waals surface area contributed by atoms with Crippen molar-refractivity contribution in [1.82, 2.24) is 4.98 Å². The van der Waals surface area contributed by atoms with Crippen molar-refractivity contribution >= 4 is 32.5 Å². The van der Waals surface area contributed by atoms with Gasteiger partial charge < -0.3 is 18.9 Å². The van der Waals surface area contributed by atoms with Gasteiger partial charge in [0.2, 0.25) is 5.75 Å². The van der Waals surface area contributed by atoms with E-state index in [0.717, 1.165) is 0 Å². The Morgan fingerprint density at radius 2 is 1.66 bits per heavy atom. The number of carbonyl (C=O) groups is 1. The van der Waals surface area contributed by atoms with Crippen LogP contribution in [0.3, 0.4) is 0 Å². The van der Waals surface area contributed by atoms with Crippen molar-refractivity contribution in [1.29, 1.82) is 0 Å². The topological polar surface area (TPSA) is 139 Å². The van der Waals surface area contributed by atoms with E-state index >= 15 is 0 Å². The first-order valence-electron chi connectivity index (χ1n) is 9.42. The molecule has 11 heteroatoms. The summed E-state index contributed by atoms with van der Waals surface area (Å²) in [4.78, 5) is 17.5. The summed E-state index contributed by atoms with van der Waals surface area (Å²) in [6.45, 7) is 2.05. The van der Waals surface area contributed by atoms with Crippen LogP contribution in [0, 0.1) is 0 Å². The monoisotopic (exact) mass is 461 g/mol. The summed E-state index contributed by atoms with van der Waals surface area (Å²) in [5.41, 5.74) is 0.597. The Labute approximate surface area is 185 Å². The highest BCUT2D eigenvalue weighted by Gasteiger charge is 2.22. The molecule has 0 unspecified atom stereocenters. The molecule has 0 amide bonds. The number of rotatable bonds is 9. The van der Waals surface area contributed by atoms with Gasteiger partial charge in [-0.25, -0.2) is 5.14 Å². The van der Waals surface area contributed by atoms with Crippen molar-refractivity contribution in [3.05, 3.63) is 47.8 Å². The maximum atomic E-state index is 13.4. The van der Waals surface area contributed by atoms with Gasteiger partial charge in [-0.2, -0.15) is 8.42 Å². The fraction of sp³-hybridized carbons (Fsp3) is 0.238. The third-order valence-corrected chi connectivity index (χ3v) is 5.11. The Hall–Kier alpha value is -3.57. The van der Waals surface area contributed by atoms with Crippen LogP contribution in [0.1, 0.15) is 22.8 Å². The molecule has 32 heavy (non-hydrogen) atoms. The van der Waals surface area contributed by atoms with Gasteiger partial charge >= 0.3 is 0 Å². The lowest BCUT2D eigenvalue weighted by Crippen LogP contribution is -2.22. The van der Waals surface area contributed by atoms with Crippen LogP contribution in [0.5, 0.6) is 23.0 Å². The minimum absolute atomic E-state index is 0.0962. The number of benzene rings is 2. The first-order chi connectivity index (χ1) is 15.2. The Morgan fingerprint density at radius 3 is 2.19 bits per heavy atom. The molecule has 0 spiro atoms. The molecule has 3 N–H and O–H groups in total. The largest absolute Gasteiger partial charge is 0.493 e. The summed E-state index contributed by atoms with van der Waals surface area (Å²) in [5.74, 6) is 0.863. The highest BCUT2D eigenvalue weighted by molar-refractivity contribution is 7.90. The summed E-state index contributed by atoms with van der Waals surface area (Å²) >= 11 is 0. The average Bonchev–Trinajstić information content (AvgIpc) is 2.77. The number of ether oxygens (including phenoxy) is 4. The van der Waals surface area contributed by atoms with E-state index in [0.29, 0.717) is 34.6 Å². The first kappa shape index (κ1) is 23.1. The van der Waals surface area contributed by atoms with Crippen molar-refractivity contribution in [3.63, 3.8) is 0 Å². The van der Waals surface area contributed by atoms with Crippen LogP contribution in [-0.2, 0) is 10.2 Å². The quantitative estimate of drug-likeness (QED) is 0.464. The van der Waals surface area contributed by atoms with E-state index in [-0.39, 0.29) is 28.3 Å². The van der Waals surface area contributed by atoms with Gasteiger partial charge in [-0.05, 0) is 36.6 Å². The second-order valence-electron chi connectivity index (χ2n) is 6.54. The highest BCUT2D eigenvalue weighted by atomic mass is 32.2. The number of hydrogen-bond acceptors (Lipinski definition) is 8. The molecule has 0 aliphatic heterocycles. The predicted octanol–water partition coefficient (Wildman–Crippen LogP) is 2.51. The zero-order chi connectivity index (χ0) is 23.5. The predicted molar refractivity (Wildman–Crippen MR) is 119 cm³/mol. The number of methoxy groups -OCH3 is 3. The summed E-state index contributed by atoms with van der Waals surface area (Å²) in [6, 6.07) is 6.27. The van der Waals surface area contributed by atoms with Gasteiger partial charge in [-0.1, -0.05) is 0 Å². The minimum Gasteiger partial charge on any atom is -0.493 e. The number of nitrogens with zero attached hydrogens (tertiary/aromatic N) is 1. The van der Waals surface area contributed by atoms with E-state index < -0.39 is 10.2 Å². The Kier molecular flexibility index (Phi) is 6.70. The molecule has 0 saturated carbocycles. The molecule has 0 bridgehead atoms. The maximum absolute atomic E-state index is 13.4. The van der Waals surface area contributed by atoms with Gasteiger partial charge in [0.05, 0.1) is 27.9 Å². The summed E-state index contributed by atoms with van der Waals surface area (Å²) < 4.78 is 47.2. The number of anilines is 1. The van der Waals surface area contributed by atoms with E-state index in [9.17, 15) is 13.2 Å². The SMILES string of the molecule is CCOc1ccc2c(C(=O)c3cc(OC)c(OC)c(OC)c3)cncc2c1NS(N)(=O)=O. The van der Waals surface area contributed by atoms with Crippen molar-refractivity contribution in [2.75, 3.05) is 32.7 Å². The molecule has 2 aromatic carbocycles. The van der Waals surface area contributed by atoms with Gasteiger partial charge in [0, 0.05) is 28.9 Å². The number of pyridine rings is 1. The van der Waals surface area contributed by atoms with E-state index in [4.69, 9.17) is 24.1 Å². The highest BCUT2D eigenvalue weighted by Crippen LogP contribution is 2.40. The van der Waals surface area contributed by atoms with Gasteiger partial charge in [0.1, 0.15) is 11.4 Å². The lowest BCUT2D eigenvalue weighted by atomic mass is 9.98. The van der Waals surface area contributed by atoms with Crippen LogP contribution >= 0.6 is 0 Å². The van der Waals surface area contributed by atoms with Gasteiger partial charge in [-0.15, -0.1) is 0 Å². The fourth-order valence-electron chi connectivity index (χ4n) is 3.30. The molecule has 0 atom stereocenters. The summed E-state index contributed by atoms with van der Waals surface area (Å²) in [5, 5.41) is 5.98. The second kappa shape index (κ2) is 9.28. The van der Waals surface area contributed by atoms with E-state index in [1.165, 1.54) is 45.9 Å². The lowest BCUT2D eigenvalue weighted by molar-refractivity contribution is 0.103. The molecule has 0 aliphatic carbocycles. The minimum atomic E-state index is -4.11. The van der Waals surface area contributed by atoms with E-state index in [1.807, 2.05) is 0 Å². The Balaban J connectivity index is 2.22. The number of fused-ring (bicyclic) bond motifs is 1. The molecule has 0 radical (unpaired) electrons. The molecule has 1 heterocycles. The van der Waals surface area contributed by atoms with Crippen molar-refractivity contribution in [3.8, 4) is 23.0 Å². The number of carbonyl (C=O) groups excluding carboxylic acids is 1. The van der Waals surface area contributed by atoms with Gasteiger partial charge in [0.25, 0.3) is 10.2 Å². The molecule has 0 saturated heterocycles. The number of aromatic nitrogens is 1. The summed E-state index contributed by atoms with van der Waals surface area (Å²) in [7, 11) is 0.254. The van der Waals surface area contributed by atoms with Gasteiger partial charge in [-0.3, -0.25) is 14.5 Å². The number of ketones is 1. The molecule has 3 aromatic rings. The fourth-order valence-corrected chi connectivity index (χ4v) is 3.79. The Morgan fingerprint density at radius 1 is 1.00 bits per heavy atom. The van der Waals surface area contributed by atoms with Crippen LogP contribution in [0.2, 0.25) is 0 Å². The van der Waals surface area contributed by atoms with Crippen LogP contribution in [0.4, 0.5) is 5.69 Å². The Bertz CT molecular complexity index is 1250. The molecule has 10 nitrogen and oxygen atoms in total. The molecule has 1 aromatic heterocycles. The zero-order valence-electron chi connectivity index (χ0n) is 18.0. The van der Waals surface area contributed by atoms with E-state index in [1.54, 1.807) is 19.1 Å². The number of nitrogens with one attached hydrogen (secondary N) is 1. The van der Waals surface area contributed by atoms with Gasteiger partial charge in [0.15, 0.2) is 17.3 Å². The summed E-state index contributed by atoms with van der Waals surface area (Å²) in [6.07, 6.45) is 2.83. The molecule has 3 rings (SSSR count).